The average molecular weight is 240 g/mol. The number of amides is 2. The SMILES string of the molecule is CCCNC(=O)C1CCCN1C(=O)CC(C)C. The first-order chi connectivity index (χ1) is 8.06. The van der Waals surface area contributed by atoms with E-state index < -0.39 is 0 Å². The minimum Gasteiger partial charge on any atom is -0.354 e. The minimum absolute atomic E-state index is 0.0152. The third-order valence-electron chi connectivity index (χ3n) is 3.01. The van der Waals surface area contributed by atoms with Gasteiger partial charge < -0.3 is 10.2 Å². The van der Waals surface area contributed by atoms with Crippen molar-refractivity contribution in [2.24, 2.45) is 5.92 Å². The standard InChI is InChI=1S/C13H24N2O2/c1-4-7-14-13(17)11-6-5-8-15(11)12(16)9-10(2)3/h10-11H,4-9H2,1-3H3,(H,14,17). The summed E-state index contributed by atoms with van der Waals surface area (Å²) in [6.07, 6.45) is 3.21. The molecule has 1 saturated heterocycles. The molecule has 1 heterocycles. The van der Waals surface area contributed by atoms with E-state index in [1.807, 2.05) is 20.8 Å². The van der Waals surface area contributed by atoms with Crippen molar-refractivity contribution in [3.8, 4) is 0 Å². The van der Waals surface area contributed by atoms with Crippen LogP contribution in [0.1, 0.15) is 46.5 Å². The zero-order valence-electron chi connectivity index (χ0n) is 11.2. The molecule has 1 aliphatic heterocycles. The summed E-state index contributed by atoms with van der Waals surface area (Å²) in [7, 11) is 0. The molecule has 0 bridgehead atoms. The van der Waals surface area contributed by atoms with Gasteiger partial charge in [-0.2, -0.15) is 0 Å². The van der Waals surface area contributed by atoms with Gasteiger partial charge in [0.05, 0.1) is 0 Å². The number of hydrogen-bond acceptors (Lipinski definition) is 2. The molecule has 98 valence electrons. The van der Waals surface area contributed by atoms with E-state index in [1.165, 1.54) is 0 Å². The Morgan fingerprint density at radius 1 is 1.41 bits per heavy atom. The van der Waals surface area contributed by atoms with Gasteiger partial charge in [-0.25, -0.2) is 0 Å². The van der Waals surface area contributed by atoms with Crippen molar-refractivity contribution in [3.63, 3.8) is 0 Å². The second kappa shape index (κ2) is 6.62. The summed E-state index contributed by atoms with van der Waals surface area (Å²) < 4.78 is 0. The van der Waals surface area contributed by atoms with Crippen molar-refractivity contribution < 1.29 is 9.59 Å². The fraction of sp³-hybridized carbons (Fsp3) is 0.846. The van der Waals surface area contributed by atoms with Crippen molar-refractivity contribution in [2.45, 2.75) is 52.5 Å². The van der Waals surface area contributed by atoms with E-state index in [-0.39, 0.29) is 17.9 Å². The van der Waals surface area contributed by atoms with E-state index in [0.717, 1.165) is 25.8 Å². The first-order valence-electron chi connectivity index (χ1n) is 6.63. The molecule has 4 heteroatoms. The smallest absolute Gasteiger partial charge is 0.242 e. The maximum atomic E-state index is 12.0. The molecule has 1 rings (SSSR count). The maximum Gasteiger partial charge on any atom is 0.242 e. The molecule has 0 aromatic rings. The molecule has 4 nitrogen and oxygen atoms in total. The highest BCUT2D eigenvalue weighted by atomic mass is 16.2. The van der Waals surface area contributed by atoms with E-state index in [0.29, 0.717) is 18.9 Å². The highest BCUT2D eigenvalue weighted by Crippen LogP contribution is 2.19. The Labute approximate surface area is 104 Å². The molecule has 1 fully saturated rings. The molecule has 0 radical (unpaired) electrons. The average Bonchev–Trinajstić information content (AvgIpc) is 2.73. The van der Waals surface area contributed by atoms with E-state index in [1.54, 1.807) is 4.90 Å². The predicted molar refractivity (Wildman–Crippen MR) is 67.5 cm³/mol. The zero-order chi connectivity index (χ0) is 12.8. The van der Waals surface area contributed by atoms with Crippen LogP contribution in [-0.2, 0) is 9.59 Å². The summed E-state index contributed by atoms with van der Waals surface area (Å²) in [5, 5.41) is 2.88. The van der Waals surface area contributed by atoms with Gasteiger partial charge >= 0.3 is 0 Å². The van der Waals surface area contributed by atoms with Crippen molar-refractivity contribution in [1.29, 1.82) is 0 Å². The molecular weight excluding hydrogens is 216 g/mol. The molecule has 0 aliphatic carbocycles. The maximum absolute atomic E-state index is 12.0. The fourth-order valence-corrected chi connectivity index (χ4v) is 2.17. The molecule has 0 spiro atoms. The Bertz CT molecular complexity index is 277. The Balaban J connectivity index is 2.53. The highest BCUT2D eigenvalue weighted by Gasteiger charge is 2.33. The zero-order valence-corrected chi connectivity index (χ0v) is 11.2. The van der Waals surface area contributed by atoms with E-state index >= 15 is 0 Å². The summed E-state index contributed by atoms with van der Waals surface area (Å²) >= 11 is 0. The molecular formula is C13H24N2O2. The Hall–Kier alpha value is -1.06. The quantitative estimate of drug-likeness (QED) is 0.792. The van der Waals surface area contributed by atoms with Gasteiger partial charge in [-0.3, -0.25) is 9.59 Å². The van der Waals surface area contributed by atoms with Crippen LogP contribution in [0.25, 0.3) is 0 Å². The number of nitrogens with zero attached hydrogens (tertiary/aromatic N) is 1. The first-order valence-corrected chi connectivity index (χ1v) is 6.63. The van der Waals surface area contributed by atoms with E-state index in [9.17, 15) is 9.59 Å². The van der Waals surface area contributed by atoms with Gasteiger partial charge in [0.15, 0.2) is 0 Å². The summed E-state index contributed by atoms with van der Waals surface area (Å²) in [6.45, 7) is 7.51. The first kappa shape index (κ1) is 14.0. The second-order valence-corrected chi connectivity index (χ2v) is 5.13. The third kappa shape index (κ3) is 4.02. The number of hydrogen-bond donors (Lipinski definition) is 1. The summed E-state index contributed by atoms with van der Waals surface area (Å²) in [6, 6.07) is -0.229. The molecule has 1 N–H and O–H groups in total. The lowest BCUT2D eigenvalue weighted by Gasteiger charge is -2.24. The van der Waals surface area contributed by atoms with Crippen LogP contribution in [0.3, 0.4) is 0 Å². The molecule has 17 heavy (non-hydrogen) atoms. The minimum atomic E-state index is -0.229. The molecule has 0 aromatic carbocycles. The number of rotatable bonds is 5. The lowest BCUT2D eigenvalue weighted by Crippen LogP contribution is -2.46. The van der Waals surface area contributed by atoms with Crippen molar-refractivity contribution >= 4 is 11.8 Å². The van der Waals surface area contributed by atoms with Gasteiger partial charge in [0.25, 0.3) is 0 Å². The summed E-state index contributed by atoms with van der Waals surface area (Å²) in [5.41, 5.74) is 0. The Morgan fingerprint density at radius 2 is 2.12 bits per heavy atom. The predicted octanol–water partition coefficient (Wildman–Crippen LogP) is 1.55. The van der Waals surface area contributed by atoms with Crippen LogP contribution >= 0.6 is 0 Å². The molecule has 1 aliphatic rings. The van der Waals surface area contributed by atoms with Crippen LogP contribution < -0.4 is 5.32 Å². The number of nitrogens with one attached hydrogen (secondary N) is 1. The Morgan fingerprint density at radius 3 is 2.71 bits per heavy atom. The Kier molecular flexibility index (Phi) is 5.45. The molecule has 1 atom stereocenters. The van der Waals surface area contributed by atoms with E-state index in [4.69, 9.17) is 0 Å². The molecule has 0 saturated carbocycles. The largest absolute Gasteiger partial charge is 0.354 e. The molecule has 1 unspecified atom stereocenters. The lowest BCUT2D eigenvalue weighted by molar-refractivity contribution is -0.139. The highest BCUT2D eigenvalue weighted by molar-refractivity contribution is 5.88. The van der Waals surface area contributed by atoms with Crippen LogP contribution in [0.2, 0.25) is 0 Å². The summed E-state index contributed by atoms with van der Waals surface area (Å²) in [5.74, 6) is 0.484. The van der Waals surface area contributed by atoms with Gasteiger partial charge in [-0.05, 0) is 25.2 Å². The normalized spacial score (nSPS) is 19.8. The van der Waals surface area contributed by atoms with Crippen molar-refractivity contribution in [1.82, 2.24) is 10.2 Å². The number of carbonyl (C=O) groups excluding carboxylic acids is 2. The monoisotopic (exact) mass is 240 g/mol. The van der Waals surface area contributed by atoms with Gasteiger partial charge in [0, 0.05) is 19.5 Å². The van der Waals surface area contributed by atoms with Crippen molar-refractivity contribution in [2.75, 3.05) is 13.1 Å². The van der Waals surface area contributed by atoms with Crippen LogP contribution in [0.4, 0.5) is 0 Å². The molecule has 0 aromatic heterocycles. The second-order valence-electron chi connectivity index (χ2n) is 5.13. The fourth-order valence-electron chi connectivity index (χ4n) is 2.17. The van der Waals surface area contributed by atoms with Crippen molar-refractivity contribution in [3.05, 3.63) is 0 Å². The molecule has 2 amide bonds. The van der Waals surface area contributed by atoms with Crippen LogP contribution in [-0.4, -0.2) is 35.8 Å². The summed E-state index contributed by atoms with van der Waals surface area (Å²) in [4.78, 5) is 25.6. The van der Waals surface area contributed by atoms with E-state index in [2.05, 4.69) is 5.32 Å². The number of likely N-dealkylation sites (tertiary alicyclic amines) is 1. The topological polar surface area (TPSA) is 49.4 Å². The number of carbonyl (C=O) groups is 2. The van der Waals surface area contributed by atoms with Gasteiger partial charge in [-0.1, -0.05) is 20.8 Å². The van der Waals surface area contributed by atoms with Crippen LogP contribution in [0, 0.1) is 5.92 Å². The van der Waals surface area contributed by atoms with Gasteiger partial charge in [0.1, 0.15) is 6.04 Å². The van der Waals surface area contributed by atoms with Crippen LogP contribution in [0.5, 0.6) is 0 Å². The third-order valence-corrected chi connectivity index (χ3v) is 3.01. The lowest BCUT2D eigenvalue weighted by atomic mass is 10.1. The van der Waals surface area contributed by atoms with Gasteiger partial charge in [0.2, 0.25) is 11.8 Å². The van der Waals surface area contributed by atoms with Gasteiger partial charge in [-0.15, -0.1) is 0 Å². The van der Waals surface area contributed by atoms with Crippen LogP contribution in [0.15, 0.2) is 0 Å².